The highest BCUT2D eigenvalue weighted by Crippen LogP contribution is 2.41. The summed E-state index contributed by atoms with van der Waals surface area (Å²) in [4.78, 5) is 2.54. The average Bonchev–Trinajstić information content (AvgIpc) is 2.39. The smallest absolute Gasteiger partial charge is 0.111 e. The van der Waals surface area contributed by atoms with Gasteiger partial charge in [-0.2, -0.15) is 0 Å². The van der Waals surface area contributed by atoms with Crippen molar-refractivity contribution >= 4 is 0 Å². The molecule has 0 aromatic rings. The van der Waals surface area contributed by atoms with Gasteiger partial charge in [0, 0.05) is 19.0 Å². The van der Waals surface area contributed by atoms with Gasteiger partial charge in [0.2, 0.25) is 0 Å². The molecule has 2 aliphatic heterocycles. The van der Waals surface area contributed by atoms with Gasteiger partial charge in [0.05, 0.1) is 5.76 Å². The van der Waals surface area contributed by atoms with Gasteiger partial charge in [-0.15, -0.1) is 0 Å². The van der Waals surface area contributed by atoms with Crippen molar-refractivity contribution in [3.8, 4) is 0 Å². The number of hydrogen-bond donors (Lipinski definition) is 0. The lowest BCUT2D eigenvalue weighted by atomic mass is 9.81. The molecular formula is C16H29NO. The summed E-state index contributed by atoms with van der Waals surface area (Å²) < 4.78 is 6.53. The van der Waals surface area contributed by atoms with E-state index in [-0.39, 0.29) is 5.60 Å². The van der Waals surface area contributed by atoms with Crippen molar-refractivity contribution in [2.24, 2.45) is 5.92 Å². The van der Waals surface area contributed by atoms with Crippen LogP contribution >= 0.6 is 0 Å². The van der Waals surface area contributed by atoms with Crippen LogP contribution < -0.4 is 0 Å². The largest absolute Gasteiger partial charge is 0.491 e. The van der Waals surface area contributed by atoms with E-state index in [0.29, 0.717) is 5.92 Å². The van der Waals surface area contributed by atoms with E-state index in [1.165, 1.54) is 51.1 Å². The molecule has 2 aliphatic rings. The van der Waals surface area contributed by atoms with E-state index in [1.54, 1.807) is 5.57 Å². The van der Waals surface area contributed by atoms with Gasteiger partial charge in [0.25, 0.3) is 0 Å². The average molecular weight is 251 g/mol. The first kappa shape index (κ1) is 13.9. The van der Waals surface area contributed by atoms with Crippen molar-refractivity contribution in [1.29, 1.82) is 0 Å². The Morgan fingerprint density at radius 1 is 1.17 bits per heavy atom. The zero-order chi connectivity index (χ0) is 13.2. The molecule has 18 heavy (non-hydrogen) atoms. The number of nitrogens with zero attached hydrogens (tertiary/aromatic N) is 1. The highest BCUT2D eigenvalue weighted by Gasteiger charge is 2.40. The zero-order valence-electron chi connectivity index (χ0n) is 12.6. The van der Waals surface area contributed by atoms with Gasteiger partial charge in [-0.05, 0) is 44.2 Å². The molecule has 0 unspecified atom stereocenters. The Morgan fingerprint density at radius 3 is 2.33 bits per heavy atom. The molecule has 0 amide bonds. The van der Waals surface area contributed by atoms with Crippen LogP contribution in [0.3, 0.4) is 0 Å². The predicted molar refractivity (Wildman–Crippen MR) is 76.6 cm³/mol. The molecule has 104 valence electrons. The fourth-order valence-corrected chi connectivity index (χ4v) is 3.36. The molecule has 0 N–H and O–H groups in total. The van der Waals surface area contributed by atoms with E-state index in [4.69, 9.17) is 4.74 Å². The third kappa shape index (κ3) is 2.74. The summed E-state index contributed by atoms with van der Waals surface area (Å²) in [5.41, 5.74) is 1.73. The van der Waals surface area contributed by atoms with Gasteiger partial charge in [0.15, 0.2) is 0 Å². The summed E-state index contributed by atoms with van der Waals surface area (Å²) in [5, 5.41) is 0. The van der Waals surface area contributed by atoms with Crippen LogP contribution in [0.1, 0.15) is 59.8 Å². The van der Waals surface area contributed by atoms with Gasteiger partial charge in [0.1, 0.15) is 5.60 Å². The van der Waals surface area contributed by atoms with E-state index in [9.17, 15) is 0 Å². The molecule has 1 saturated heterocycles. The van der Waals surface area contributed by atoms with Gasteiger partial charge in [-0.25, -0.2) is 0 Å². The lowest BCUT2D eigenvalue weighted by Crippen LogP contribution is -2.47. The van der Waals surface area contributed by atoms with Gasteiger partial charge in [-0.3, -0.25) is 0 Å². The summed E-state index contributed by atoms with van der Waals surface area (Å²) >= 11 is 0. The molecule has 0 aromatic heterocycles. The molecule has 2 nitrogen and oxygen atoms in total. The van der Waals surface area contributed by atoms with Crippen molar-refractivity contribution in [1.82, 2.24) is 4.90 Å². The summed E-state index contributed by atoms with van der Waals surface area (Å²) in [6.45, 7) is 12.7. The van der Waals surface area contributed by atoms with Gasteiger partial charge in [-0.1, -0.05) is 27.7 Å². The summed E-state index contributed by atoms with van der Waals surface area (Å²) in [5.74, 6) is 1.86. The van der Waals surface area contributed by atoms with Crippen LogP contribution in [-0.4, -0.2) is 30.1 Å². The third-order valence-electron chi connectivity index (χ3n) is 4.72. The monoisotopic (exact) mass is 251 g/mol. The third-order valence-corrected chi connectivity index (χ3v) is 4.72. The molecule has 2 heteroatoms. The minimum absolute atomic E-state index is 0.171. The summed E-state index contributed by atoms with van der Waals surface area (Å²) in [6, 6.07) is 0. The molecule has 2 rings (SSSR count). The SMILES string of the molecule is CCC1=C(C(C)C)OC2(CC1)CCN(CC)CC2. The van der Waals surface area contributed by atoms with Gasteiger partial charge < -0.3 is 9.64 Å². The molecule has 1 spiro atoms. The Bertz CT molecular complexity index is 311. The molecular weight excluding hydrogens is 222 g/mol. The van der Waals surface area contributed by atoms with Crippen molar-refractivity contribution in [2.45, 2.75) is 65.4 Å². The topological polar surface area (TPSA) is 12.5 Å². The lowest BCUT2D eigenvalue weighted by molar-refractivity contribution is -0.0719. The standard InChI is InChI=1S/C16H29NO/c1-5-14-7-8-16(18-15(14)13(3)4)9-11-17(6-2)12-10-16/h13H,5-12H2,1-4H3. The number of rotatable bonds is 3. The molecule has 0 aliphatic carbocycles. The van der Waals surface area contributed by atoms with Crippen LogP contribution in [0, 0.1) is 5.92 Å². The lowest BCUT2D eigenvalue weighted by Gasteiger charge is -2.46. The van der Waals surface area contributed by atoms with E-state index >= 15 is 0 Å². The van der Waals surface area contributed by atoms with Gasteiger partial charge >= 0.3 is 0 Å². The zero-order valence-corrected chi connectivity index (χ0v) is 12.6. The van der Waals surface area contributed by atoms with E-state index in [0.717, 1.165) is 6.42 Å². The molecule has 0 saturated carbocycles. The fourth-order valence-electron chi connectivity index (χ4n) is 3.36. The van der Waals surface area contributed by atoms with Crippen molar-refractivity contribution < 1.29 is 4.74 Å². The first-order valence-corrected chi connectivity index (χ1v) is 7.73. The van der Waals surface area contributed by atoms with Crippen molar-refractivity contribution in [2.75, 3.05) is 19.6 Å². The second kappa shape index (κ2) is 5.64. The minimum Gasteiger partial charge on any atom is -0.491 e. The van der Waals surface area contributed by atoms with Crippen LogP contribution in [0.15, 0.2) is 11.3 Å². The maximum atomic E-state index is 6.53. The highest BCUT2D eigenvalue weighted by atomic mass is 16.5. The molecule has 0 aromatic carbocycles. The van der Waals surface area contributed by atoms with Crippen LogP contribution in [0.5, 0.6) is 0 Å². The second-order valence-corrected chi connectivity index (χ2v) is 6.20. The number of allylic oxidation sites excluding steroid dienone is 2. The second-order valence-electron chi connectivity index (χ2n) is 6.20. The van der Waals surface area contributed by atoms with E-state index in [1.807, 2.05) is 0 Å². The van der Waals surface area contributed by atoms with E-state index in [2.05, 4.69) is 32.6 Å². The van der Waals surface area contributed by atoms with Crippen molar-refractivity contribution in [3.63, 3.8) is 0 Å². The first-order valence-electron chi connectivity index (χ1n) is 7.73. The highest BCUT2D eigenvalue weighted by molar-refractivity contribution is 5.16. The van der Waals surface area contributed by atoms with Crippen LogP contribution in [0.2, 0.25) is 0 Å². The van der Waals surface area contributed by atoms with Crippen LogP contribution in [0.4, 0.5) is 0 Å². The normalized spacial score (nSPS) is 24.7. The summed E-state index contributed by atoms with van der Waals surface area (Å²) in [6.07, 6.45) is 6.09. The quantitative estimate of drug-likeness (QED) is 0.752. The molecule has 0 atom stereocenters. The Balaban J connectivity index is 2.08. The van der Waals surface area contributed by atoms with Crippen molar-refractivity contribution in [3.05, 3.63) is 11.3 Å². The molecule has 0 bridgehead atoms. The number of ether oxygens (including phenoxy) is 1. The Morgan fingerprint density at radius 2 is 1.83 bits per heavy atom. The molecule has 2 heterocycles. The maximum Gasteiger partial charge on any atom is 0.111 e. The molecule has 0 radical (unpaired) electrons. The Kier molecular flexibility index (Phi) is 4.37. The molecule has 1 fully saturated rings. The number of piperidine rings is 1. The fraction of sp³-hybridized carbons (Fsp3) is 0.875. The van der Waals surface area contributed by atoms with Crippen LogP contribution in [-0.2, 0) is 4.74 Å². The predicted octanol–water partition coefficient (Wildman–Crippen LogP) is 3.97. The Hall–Kier alpha value is -0.500. The number of hydrogen-bond acceptors (Lipinski definition) is 2. The van der Waals surface area contributed by atoms with Crippen LogP contribution in [0.25, 0.3) is 0 Å². The summed E-state index contributed by atoms with van der Waals surface area (Å²) in [7, 11) is 0. The van der Waals surface area contributed by atoms with E-state index < -0.39 is 0 Å². The first-order chi connectivity index (χ1) is 8.60. The minimum atomic E-state index is 0.171. The number of likely N-dealkylation sites (tertiary alicyclic amines) is 1. The maximum absolute atomic E-state index is 6.53. The Labute approximate surface area is 112 Å².